The van der Waals surface area contributed by atoms with Crippen molar-refractivity contribution in [2.24, 2.45) is 0 Å². The number of esters is 1. The zero-order valence-electron chi connectivity index (χ0n) is 12.0. The molecule has 7 heteroatoms. The van der Waals surface area contributed by atoms with E-state index in [1.165, 1.54) is 0 Å². The van der Waals surface area contributed by atoms with Crippen molar-refractivity contribution in [2.45, 2.75) is 43.6 Å². The first kappa shape index (κ1) is 15.7. The number of rotatable bonds is 5. The van der Waals surface area contributed by atoms with Gasteiger partial charge in [-0.25, -0.2) is 0 Å². The van der Waals surface area contributed by atoms with E-state index >= 15 is 0 Å². The fraction of sp³-hybridized carbons (Fsp3) is 0.769. The van der Waals surface area contributed by atoms with E-state index in [4.69, 9.17) is 9.26 Å². The van der Waals surface area contributed by atoms with Crippen molar-refractivity contribution in [3.05, 3.63) is 11.7 Å². The van der Waals surface area contributed by atoms with Crippen molar-refractivity contribution in [1.82, 2.24) is 10.1 Å². The Bertz CT molecular complexity index is 453. The van der Waals surface area contributed by atoms with Gasteiger partial charge in [0.1, 0.15) is 5.92 Å². The molecule has 1 aromatic rings. The van der Waals surface area contributed by atoms with Gasteiger partial charge < -0.3 is 9.26 Å². The van der Waals surface area contributed by atoms with Crippen molar-refractivity contribution in [2.75, 3.05) is 18.1 Å². The lowest BCUT2D eigenvalue weighted by Gasteiger charge is -2.24. The van der Waals surface area contributed by atoms with Crippen molar-refractivity contribution in [3.8, 4) is 0 Å². The Morgan fingerprint density at radius 1 is 1.45 bits per heavy atom. The van der Waals surface area contributed by atoms with Gasteiger partial charge in [0, 0.05) is 16.8 Å². The van der Waals surface area contributed by atoms with Crippen LogP contribution in [-0.2, 0) is 9.53 Å². The lowest BCUT2D eigenvalue weighted by Crippen LogP contribution is -2.18. The van der Waals surface area contributed by atoms with Crippen LogP contribution in [0.5, 0.6) is 0 Å². The summed E-state index contributed by atoms with van der Waals surface area (Å²) in [5, 5.41) is 4.78. The maximum atomic E-state index is 11.9. The molecule has 0 radical (unpaired) electrons. The van der Waals surface area contributed by atoms with Gasteiger partial charge in [0.25, 0.3) is 0 Å². The molecule has 3 unspecified atom stereocenters. The van der Waals surface area contributed by atoms with Gasteiger partial charge in [0.2, 0.25) is 5.89 Å². The molecule has 0 spiro atoms. The number of hydrogen-bond acceptors (Lipinski definition) is 7. The topological polar surface area (TPSA) is 65.2 Å². The minimum Gasteiger partial charge on any atom is -0.465 e. The Balaban J connectivity index is 2.12. The van der Waals surface area contributed by atoms with Crippen LogP contribution in [0.1, 0.15) is 50.1 Å². The smallest absolute Gasteiger partial charge is 0.318 e. The van der Waals surface area contributed by atoms with E-state index in [2.05, 4.69) is 17.1 Å². The van der Waals surface area contributed by atoms with Crippen molar-refractivity contribution < 1.29 is 14.1 Å². The summed E-state index contributed by atoms with van der Waals surface area (Å²) in [6.45, 7) is 6.25. The van der Waals surface area contributed by atoms with E-state index in [0.29, 0.717) is 30.0 Å². The number of nitrogens with zero attached hydrogens (tertiary/aromatic N) is 2. The Hall–Kier alpha value is -0.690. The average molecular weight is 316 g/mol. The van der Waals surface area contributed by atoms with E-state index in [-0.39, 0.29) is 11.2 Å². The molecule has 0 amide bonds. The SMILES string of the molecule is CCOC(=O)C(CC)c1nc(C2SCCSC2C)no1. The van der Waals surface area contributed by atoms with Crippen LogP contribution in [-0.4, -0.2) is 39.5 Å². The van der Waals surface area contributed by atoms with E-state index in [1.54, 1.807) is 6.92 Å². The molecule has 112 valence electrons. The van der Waals surface area contributed by atoms with E-state index < -0.39 is 5.92 Å². The fourth-order valence-corrected chi connectivity index (χ4v) is 4.79. The van der Waals surface area contributed by atoms with Crippen molar-refractivity contribution in [1.29, 1.82) is 0 Å². The number of ether oxygens (including phenoxy) is 1. The van der Waals surface area contributed by atoms with Crippen molar-refractivity contribution >= 4 is 29.5 Å². The average Bonchev–Trinajstić information content (AvgIpc) is 2.90. The third-order valence-electron chi connectivity index (χ3n) is 3.18. The van der Waals surface area contributed by atoms with Crippen LogP contribution in [0.2, 0.25) is 0 Å². The molecule has 1 fully saturated rings. The summed E-state index contributed by atoms with van der Waals surface area (Å²) in [4.78, 5) is 16.3. The standard InChI is InChI=1S/C13H20N2O3S2/c1-4-9(13(16)17-5-2)12-14-11(15-18-12)10-8(3)19-6-7-20-10/h8-10H,4-7H2,1-3H3. The van der Waals surface area contributed by atoms with E-state index in [9.17, 15) is 4.79 Å². The predicted octanol–water partition coefficient (Wildman–Crippen LogP) is 3.04. The van der Waals surface area contributed by atoms with Crippen LogP contribution >= 0.6 is 23.5 Å². The Labute approximate surface area is 127 Å². The molecular formula is C13H20N2O3S2. The quantitative estimate of drug-likeness (QED) is 0.773. The second kappa shape index (κ2) is 7.36. The lowest BCUT2D eigenvalue weighted by molar-refractivity contribution is -0.145. The van der Waals surface area contributed by atoms with E-state index in [0.717, 1.165) is 11.5 Å². The summed E-state index contributed by atoms with van der Waals surface area (Å²) < 4.78 is 10.4. The third-order valence-corrected chi connectivity index (χ3v) is 6.26. The monoisotopic (exact) mass is 316 g/mol. The summed E-state index contributed by atoms with van der Waals surface area (Å²) in [5.41, 5.74) is 0. The molecule has 0 bridgehead atoms. The number of aromatic nitrogens is 2. The summed E-state index contributed by atoms with van der Waals surface area (Å²) in [5.74, 6) is 2.60. The highest BCUT2D eigenvalue weighted by Crippen LogP contribution is 2.41. The highest BCUT2D eigenvalue weighted by molar-refractivity contribution is 8.06. The van der Waals surface area contributed by atoms with Crippen LogP contribution in [0.4, 0.5) is 0 Å². The fourth-order valence-electron chi connectivity index (χ4n) is 2.11. The number of carbonyl (C=O) groups excluding carboxylic acids is 1. The van der Waals surface area contributed by atoms with Crippen LogP contribution in [0.3, 0.4) is 0 Å². The van der Waals surface area contributed by atoms with Crippen LogP contribution in [0.25, 0.3) is 0 Å². The first-order valence-electron chi connectivity index (χ1n) is 6.90. The number of thioether (sulfide) groups is 2. The normalized spacial score (nSPS) is 24.4. The van der Waals surface area contributed by atoms with Gasteiger partial charge in [-0.1, -0.05) is 19.0 Å². The summed E-state index contributed by atoms with van der Waals surface area (Å²) >= 11 is 3.78. The minimum absolute atomic E-state index is 0.242. The first-order valence-corrected chi connectivity index (χ1v) is 9.00. The molecule has 0 aliphatic carbocycles. The van der Waals surface area contributed by atoms with Crippen LogP contribution < -0.4 is 0 Å². The molecule has 0 saturated carbocycles. The Kier molecular flexibility index (Phi) is 5.77. The zero-order valence-corrected chi connectivity index (χ0v) is 13.6. The molecule has 0 aromatic carbocycles. The molecule has 1 aliphatic rings. The Morgan fingerprint density at radius 2 is 2.20 bits per heavy atom. The molecule has 3 atom stereocenters. The van der Waals surface area contributed by atoms with Gasteiger partial charge in [0.15, 0.2) is 5.82 Å². The summed E-state index contributed by atoms with van der Waals surface area (Å²) in [6, 6.07) is 0. The summed E-state index contributed by atoms with van der Waals surface area (Å²) in [7, 11) is 0. The van der Waals surface area contributed by atoms with Gasteiger partial charge in [0.05, 0.1) is 11.9 Å². The van der Waals surface area contributed by atoms with Gasteiger partial charge in [-0.15, -0.1) is 11.8 Å². The zero-order chi connectivity index (χ0) is 14.5. The highest BCUT2D eigenvalue weighted by Gasteiger charge is 2.31. The van der Waals surface area contributed by atoms with E-state index in [1.807, 2.05) is 30.4 Å². The van der Waals surface area contributed by atoms with Gasteiger partial charge in [-0.2, -0.15) is 16.7 Å². The largest absolute Gasteiger partial charge is 0.465 e. The maximum absolute atomic E-state index is 11.9. The highest BCUT2D eigenvalue weighted by atomic mass is 32.2. The second-order valence-corrected chi connectivity index (χ2v) is 7.31. The Morgan fingerprint density at radius 3 is 2.85 bits per heavy atom. The molecule has 1 aromatic heterocycles. The second-order valence-electron chi connectivity index (χ2n) is 4.57. The third kappa shape index (κ3) is 3.49. The molecule has 0 N–H and O–H groups in total. The van der Waals surface area contributed by atoms with Gasteiger partial charge in [-0.3, -0.25) is 4.79 Å². The van der Waals surface area contributed by atoms with Crippen LogP contribution in [0, 0.1) is 0 Å². The molecule has 2 rings (SSSR count). The summed E-state index contributed by atoms with van der Waals surface area (Å²) in [6.07, 6.45) is 0.600. The molecule has 5 nitrogen and oxygen atoms in total. The molecule has 2 heterocycles. The lowest BCUT2D eigenvalue weighted by atomic mass is 10.1. The minimum atomic E-state index is -0.451. The molecule has 1 saturated heterocycles. The van der Waals surface area contributed by atoms with Gasteiger partial charge >= 0.3 is 5.97 Å². The van der Waals surface area contributed by atoms with Crippen LogP contribution in [0.15, 0.2) is 4.52 Å². The predicted molar refractivity (Wildman–Crippen MR) is 81.1 cm³/mol. The van der Waals surface area contributed by atoms with Crippen molar-refractivity contribution in [3.63, 3.8) is 0 Å². The number of carbonyl (C=O) groups is 1. The van der Waals surface area contributed by atoms with Gasteiger partial charge in [-0.05, 0) is 13.3 Å². The maximum Gasteiger partial charge on any atom is 0.318 e. The molecule has 20 heavy (non-hydrogen) atoms. The molecular weight excluding hydrogens is 296 g/mol. The molecule has 1 aliphatic heterocycles. The number of hydrogen-bond donors (Lipinski definition) is 0. The first-order chi connectivity index (χ1) is 9.67.